The zero-order valence-corrected chi connectivity index (χ0v) is 18.1. The first kappa shape index (κ1) is 24.4. The molecule has 0 aromatic rings. The molecule has 0 aromatic carbocycles. The number of carbonyl (C=O) groups excluding carboxylic acids is 1. The van der Waals surface area contributed by atoms with Crippen LogP contribution in [-0.2, 0) is 9.53 Å². The number of hydrogen-bond donors (Lipinski definition) is 3. The van der Waals surface area contributed by atoms with Crippen molar-refractivity contribution in [2.75, 3.05) is 52.5 Å². The fourth-order valence-corrected chi connectivity index (χ4v) is 2.81. The van der Waals surface area contributed by atoms with Gasteiger partial charge in [0.15, 0.2) is 5.96 Å². The van der Waals surface area contributed by atoms with Crippen molar-refractivity contribution in [3.8, 4) is 0 Å². The van der Waals surface area contributed by atoms with Crippen LogP contribution in [-0.4, -0.2) is 69.2 Å². The second-order valence-corrected chi connectivity index (χ2v) is 6.11. The summed E-state index contributed by atoms with van der Waals surface area (Å²) < 4.78 is 5.31. The van der Waals surface area contributed by atoms with Crippen molar-refractivity contribution in [1.82, 2.24) is 15.5 Å². The third-order valence-electron chi connectivity index (χ3n) is 4.23. The normalized spacial score (nSPS) is 16.3. The Morgan fingerprint density at radius 1 is 1.24 bits per heavy atom. The maximum atomic E-state index is 11.2. The number of guanidine groups is 1. The molecule has 1 rings (SSSR count). The van der Waals surface area contributed by atoms with E-state index in [-0.39, 0.29) is 35.8 Å². The van der Waals surface area contributed by atoms with Crippen molar-refractivity contribution >= 4 is 35.8 Å². The van der Waals surface area contributed by atoms with E-state index in [1.54, 1.807) is 0 Å². The predicted octanol–water partition coefficient (Wildman–Crippen LogP) is 1.17. The molecule has 148 valence electrons. The summed E-state index contributed by atoms with van der Waals surface area (Å²) in [6.07, 6.45) is 4.00. The molecule has 0 radical (unpaired) electrons. The molecule has 0 unspecified atom stereocenters. The van der Waals surface area contributed by atoms with Gasteiger partial charge in [0, 0.05) is 32.2 Å². The van der Waals surface area contributed by atoms with Gasteiger partial charge in [0.25, 0.3) is 0 Å². The highest BCUT2D eigenvalue weighted by atomic mass is 127. The molecule has 0 saturated carbocycles. The number of amides is 1. The molecule has 0 aliphatic carbocycles. The average molecular weight is 469 g/mol. The van der Waals surface area contributed by atoms with E-state index in [0.29, 0.717) is 6.61 Å². The summed E-state index contributed by atoms with van der Waals surface area (Å²) in [7, 11) is 0. The molecule has 0 atom stereocenters. The molecule has 25 heavy (non-hydrogen) atoms. The van der Waals surface area contributed by atoms with E-state index in [0.717, 1.165) is 77.5 Å². The fourth-order valence-electron chi connectivity index (χ4n) is 2.81. The van der Waals surface area contributed by atoms with Gasteiger partial charge in [-0.25, -0.2) is 0 Å². The van der Waals surface area contributed by atoms with E-state index >= 15 is 0 Å². The summed E-state index contributed by atoms with van der Waals surface area (Å²) in [5, 5.41) is 6.52. The minimum Gasteiger partial charge on any atom is -0.380 e. The number of unbranched alkanes of at least 4 members (excludes halogenated alkanes) is 1. The van der Waals surface area contributed by atoms with Crippen LogP contribution in [0.5, 0.6) is 0 Å². The topological polar surface area (TPSA) is 92.0 Å². The molecular weight excluding hydrogens is 433 g/mol. The van der Waals surface area contributed by atoms with E-state index < -0.39 is 0 Å². The van der Waals surface area contributed by atoms with E-state index in [4.69, 9.17) is 10.5 Å². The van der Waals surface area contributed by atoms with Crippen LogP contribution in [0.2, 0.25) is 0 Å². The van der Waals surface area contributed by atoms with Crippen molar-refractivity contribution in [2.45, 2.75) is 39.5 Å². The lowest BCUT2D eigenvalue weighted by Gasteiger charge is -2.30. The van der Waals surface area contributed by atoms with Crippen LogP contribution in [0, 0.1) is 5.92 Å². The van der Waals surface area contributed by atoms with E-state index in [9.17, 15) is 4.79 Å². The summed E-state index contributed by atoms with van der Waals surface area (Å²) in [5.41, 5.74) is 5.36. The van der Waals surface area contributed by atoms with Crippen molar-refractivity contribution in [3.05, 3.63) is 0 Å². The Kier molecular flexibility index (Phi) is 15.2. The number of piperidine rings is 1. The third-order valence-corrected chi connectivity index (χ3v) is 4.23. The number of rotatable bonds is 11. The second-order valence-electron chi connectivity index (χ2n) is 6.11. The Morgan fingerprint density at radius 3 is 2.56 bits per heavy atom. The van der Waals surface area contributed by atoms with Gasteiger partial charge in [-0.2, -0.15) is 0 Å². The highest BCUT2D eigenvalue weighted by molar-refractivity contribution is 14.0. The van der Waals surface area contributed by atoms with Crippen LogP contribution in [0.15, 0.2) is 4.99 Å². The molecule has 1 saturated heterocycles. The quantitative estimate of drug-likeness (QED) is 0.183. The smallest absolute Gasteiger partial charge is 0.220 e. The number of aliphatic imine (C=N–C) groups is 1. The molecule has 7 nitrogen and oxygen atoms in total. The predicted molar refractivity (Wildman–Crippen MR) is 113 cm³/mol. The standard InChI is InChI=1S/C17H35N5O2.HI/c1-3-19-17(21-10-14-24-4-2)20-9-5-6-11-22-12-7-15(8-13-22)16(18)23;/h15H,3-14H2,1-2H3,(H2,18,23)(H2,19,20,21);1H. The average Bonchev–Trinajstić information content (AvgIpc) is 2.58. The van der Waals surface area contributed by atoms with Gasteiger partial charge in [-0.05, 0) is 59.2 Å². The van der Waals surface area contributed by atoms with E-state index in [1.165, 1.54) is 0 Å². The van der Waals surface area contributed by atoms with Gasteiger partial charge in [-0.3, -0.25) is 9.79 Å². The Balaban J connectivity index is 0.00000576. The largest absolute Gasteiger partial charge is 0.380 e. The molecule has 8 heteroatoms. The van der Waals surface area contributed by atoms with Crippen molar-refractivity contribution in [1.29, 1.82) is 0 Å². The minimum atomic E-state index is -0.142. The molecule has 0 spiro atoms. The van der Waals surface area contributed by atoms with Crippen LogP contribution in [0.4, 0.5) is 0 Å². The summed E-state index contributed by atoms with van der Waals surface area (Å²) in [5.74, 6) is 0.799. The number of hydrogen-bond acceptors (Lipinski definition) is 4. The molecule has 1 aliphatic rings. The van der Waals surface area contributed by atoms with E-state index in [1.807, 2.05) is 6.92 Å². The number of likely N-dealkylation sites (tertiary alicyclic amines) is 1. The number of carbonyl (C=O) groups is 1. The number of halogens is 1. The number of nitrogens with one attached hydrogen (secondary N) is 2. The van der Waals surface area contributed by atoms with Crippen LogP contribution in [0.3, 0.4) is 0 Å². The summed E-state index contributed by atoms with van der Waals surface area (Å²) in [6, 6.07) is 0. The maximum Gasteiger partial charge on any atom is 0.220 e. The first-order chi connectivity index (χ1) is 11.7. The SMILES string of the molecule is CCNC(=NCCCCN1CCC(C(N)=O)CC1)NCCOCC.I. The van der Waals surface area contributed by atoms with Crippen LogP contribution < -0.4 is 16.4 Å². The first-order valence-corrected chi connectivity index (χ1v) is 9.29. The summed E-state index contributed by atoms with van der Waals surface area (Å²) in [4.78, 5) is 18.2. The lowest BCUT2D eigenvalue weighted by molar-refractivity contribution is -0.123. The molecule has 4 N–H and O–H groups in total. The van der Waals surface area contributed by atoms with Gasteiger partial charge in [0.1, 0.15) is 0 Å². The van der Waals surface area contributed by atoms with Crippen molar-refractivity contribution in [3.63, 3.8) is 0 Å². The lowest BCUT2D eigenvalue weighted by atomic mass is 9.96. The second kappa shape index (κ2) is 15.6. The van der Waals surface area contributed by atoms with Gasteiger partial charge in [-0.1, -0.05) is 0 Å². The fraction of sp³-hybridized carbons (Fsp3) is 0.882. The Labute approximate surface area is 169 Å². The summed E-state index contributed by atoms with van der Waals surface area (Å²) >= 11 is 0. The molecule has 0 bridgehead atoms. The van der Waals surface area contributed by atoms with Gasteiger partial charge in [0.05, 0.1) is 6.61 Å². The number of primary amides is 1. The molecular formula is C17H36IN5O2. The van der Waals surface area contributed by atoms with E-state index in [2.05, 4.69) is 27.4 Å². The number of nitrogens with two attached hydrogens (primary N) is 1. The zero-order valence-electron chi connectivity index (χ0n) is 15.8. The highest BCUT2D eigenvalue weighted by Crippen LogP contribution is 2.16. The van der Waals surface area contributed by atoms with Crippen LogP contribution in [0.25, 0.3) is 0 Å². The summed E-state index contributed by atoms with van der Waals surface area (Å²) in [6.45, 7) is 11.0. The van der Waals surface area contributed by atoms with Gasteiger partial charge >= 0.3 is 0 Å². The van der Waals surface area contributed by atoms with Crippen LogP contribution >= 0.6 is 24.0 Å². The Bertz CT molecular complexity index is 374. The van der Waals surface area contributed by atoms with Gasteiger partial charge in [0.2, 0.25) is 5.91 Å². The minimum absolute atomic E-state index is 0. The molecule has 0 aromatic heterocycles. The monoisotopic (exact) mass is 469 g/mol. The molecule has 1 fully saturated rings. The van der Waals surface area contributed by atoms with Crippen molar-refractivity contribution in [2.24, 2.45) is 16.6 Å². The van der Waals surface area contributed by atoms with Gasteiger partial charge < -0.3 is 26.0 Å². The molecule has 1 aliphatic heterocycles. The number of ether oxygens (including phenoxy) is 1. The highest BCUT2D eigenvalue weighted by Gasteiger charge is 2.22. The maximum absolute atomic E-state index is 11.2. The number of nitrogens with zero attached hydrogens (tertiary/aromatic N) is 2. The molecule has 1 heterocycles. The third kappa shape index (κ3) is 11.6. The Morgan fingerprint density at radius 2 is 1.96 bits per heavy atom. The van der Waals surface area contributed by atoms with Gasteiger partial charge in [-0.15, -0.1) is 24.0 Å². The first-order valence-electron chi connectivity index (χ1n) is 9.29. The van der Waals surface area contributed by atoms with Crippen LogP contribution in [0.1, 0.15) is 39.5 Å². The zero-order chi connectivity index (χ0) is 17.6. The Hall–Kier alpha value is -0.610. The van der Waals surface area contributed by atoms with Crippen molar-refractivity contribution < 1.29 is 9.53 Å². The molecule has 1 amide bonds. The lowest BCUT2D eigenvalue weighted by Crippen LogP contribution is -2.39.